The van der Waals surface area contributed by atoms with E-state index >= 15 is 0 Å². The Morgan fingerprint density at radius 1 is 1.34 bits per heavy atom. The van der Waals surface area contributed by atoms with Crippen molar-refractivity contribution < 1.29 is 19.2 Å². The number of anilines is 1. The first-order chi connectivity index (χ1) is 16.7. The summed E-state index contributed by atoms with van der Waals surface area (Å²) < 4.78 is 15.0. The summed E-state index contributed by atoms with van der Waals surface area (Å²) in [5.41, 5.74) is 0.313. The van der Waals surface area contributed by atoms with Crippen LogP contribution in [0.3, 0.4) is 0 Å². The van der Waals surface area contributed by atoms with Crippen molar-refractivity contribution in [1.82, 2.24) is 14.9 Å². The monoisotopic (exact) mass is 524 g/mol. The molecule has 4 N–H and O–H groups in total. The molecule has 0 saturated carbocycles. The number of nitrogens with zero attached hydrogens (tertiary/aromatic N) is 3. The Morgan fingerprint density at radius 3 is 2.71 bits per heavy atom. The Hall–Kier alpha value is -3.25. The average Bonchev–Trinajstić information content (AvgIpc) is 2.82. The average molecular weight is 525 g/mol. The van der Waals surface area contributed by atoms with Crippen LogP contribution in [0.2, 0.25) is 5.02 Å². The fourth-order valence-corrected chi connectivity index (χ4v) is 4.13. The number of aryl methyl sites for hydroxylation is 1. The van der Waals surface area contributed by atoms with E-state index in [1.165, 1.54) is 41.6 Å². The number of benzene rings is 1. The zero-order valence-corrected chi connectivity index (χ0v) is 20.8. The number of rotatable bonds is 13. The first kappa shape index (κ1) is 28.0. The Morgan fingerprint density at radius 2 is 2.09 bits per heavy atom. The van der Waals surface area contributed by atoms with E-state index in [1.54, 1.807) is 13.0 Å². The zero-order valence-electron chi connectivity index (χ0n) is 19.2. The number of Topliss-reactive ketones (excluding diaryl/α,β-unsaturated/α-hetero) is 1. The van der Waals surface area contributed by atoms with Gasteiger partial charge in [-0.3, -0.25) is 19.0 Å². The van der Waals surface area contributed by atoms with Gasteiger partial charge in [0.15, 0.2) is 11.6 Å². The number of halogens is 2. The number of hydrogen-bond acceptors (Lipinski definition) is 9. The summed E-state index contributed by atoms with van der Waals surface area (Å²) in [4.78, 5) is 41.4. The molecule has 0 radical (unpaired) electrons. The molecule has 10 nitrogen and oxygen atoms in total. The third-order valence-electron chi connectivity index (χ3n) is 4.83. The maximum absolute atomic E-state index is 13.8. The fraction of sp³-hybridized carbons (Fsp3) is 0.364. The highest BCUT2D eigenvalue weighted by atomic mass is 35.5. The molecule has 2 aromatic rings. The van der Waals surface area contributed by atoms with Gasteiger partial charge in [0.25, 0.3) is 5.56 Å². The second-order valence-corrected chi connectivity index (χ2v) is 8.77. The number of hydrogen-bond donors (Lipinski definition) is 4. The predicted molar refractivity (Wildman–Crippen MR) is 135 cm³/mol. The van der Waals surface area contributed by atoms with E-state index in [0.29, 0.717) is 17.7 Å². The summed E-state index contributed by atoms with van der Waals surface area (Å²) >= 11 is 7.15. The van der Waals surface area contributed by atoms with Crippen molar-refractivity contribution in [2.24, 2.45) is 5.16 Å². The highest BCUT2D eigenvalue weighted by Crippen LogP contribution is 2.23. The van der Waals surface area contributed by atoms with Gasteiger partial charge in [-0.05, 0) is 25.5 Å². The minimum Gasteiger partial charge on any atom is -0.411 e. The molecule has 0 aliphatic rings. The van der Waals surface area contributed by atoms with Crippen molar-refractivity contribution >= 4 is 52.3 Å². The summed E-state index contributed by atoms with van der Waals surface area (Å²) in [7, 11) is 0. The van der Waals surface area contributed by atoms with Crippen LogP contribution < -0.4 is 16.2 Å². The number of aromatic nitrogens is 2. The number of oxime groups is 1. The van der Waals surface area contributed by atoms with Gasteiger partial charge < -0.3 is 21.3 Å². The summed E-state index contributed by atoms with van der Waals surface area (Å²) in [5.74, 6) is -1.06. The van der Waals surface area contributed by atoms with Crippen molar-refractivity contribution in [3.63, 3.8) is 0 Å². The molecule has 35 heavy (non-hydrogen) atoms. The van der Waals surface area contributed by atoms with Gasteiger partial charge in [-0.1, -0.05) is 29.7 Å². The van der Waals surface area contributed by atoms with E-state index in [0.717, 1.165) is 0 Å². The molecule has 0 bridgehead atoms. The van der Waals surface area contributed by atoms with Crippen molar-refractivity contribution in [3.05, 3.63) is 56.8 Å². The minimum atomic E-state index is -0.567. The second kappa shape index (κ2) is 13.6. The van der Waals surface area contributed by atoms with Gasteiger partial charge in [0.05, 0.1) is 24.6 Å². The molecule has 13 heteroatoms. The van der Waals surface area contributed by atoms with Gasteiger partial charge in [-0.25, -0.2) is 9.37 Å². The number of carbonyl (C=O) groups excluding carboxylic acids is 2. The van der Waals surface area contributed by atoms with Crippen LogP contribution in [0, 0.1) is 11.2 Å². The van der Waals surface area contributed by atoms with Crippen molar-refractivity contribution in [2.75, 3.05) is 24.2 Å². The van der Waals surface area contributed by atoms with Crippen LogP contribution in [-0.2, 0) is 28.3 Å². The van der Waals surface area contributed by atoms with Gasteiger partial charge in [0.2, 0.25) is 5.91 Å². The Labute approximate surface area is 210 Å². The maximum Gasteiger partial charge on any atom is 0.293 e. The second-order valence-electron chi connectivity index (χ2n) is 7.38. The van der Waals surface area contributed by atoms with E-state index < -0.39 is 17.3 Å². The molecule has 0 spiro atoms. The van der Waals surface area contributed by atoms with Crippen LogP contribution in [-0.4, -0.2) is 56.7 Å². The standard InChI is InChI=1S/C22H26ClFN6O4S/c1-3-14-7-27-21(28-9-19(29-34)13(2)25)22(33)30(14)10-20(32)26-8-15(31)11-35-12-16-17(23)5-4-6-18(16)24/h4-7,25,34H,3,8-12H2,1-2H3,(H,26,32)(H,27,28)/b25-13?,29-19-. The topological polar surface area (TPSA) is 150 Å². The largest absolute Gasteiger partial charge is 0.411 e. The summed E-state index contributed by atoms with van der Waals surface area (Å²) in [6.07, 6.45) is 1.88. The smallest absolute Gasteiger partial charge is 0.293 e. The summed E-state index contributed by atoms with van der Waals surface area (Å²) in [5, 5.41) is 24.9. The first-order valence-corrected chi connectivity index (χ1v) is 12.1. The fourth-order valence-electron chi connectivity index (χ4n) is 2.89. The lowest BCUT2D eigenvalue weighted by atomic mass is 10.2. The van der Waals surface area contributed by atoms with Crippen LogP contribution in [0.25, 0.3) is 0 Å². The molecule has 1 heterocycles. The van der Waals surface area contributed by atoms with Gasteiger partial charge in [0, 0.05) is 28.2 Å². The predicted octanol–water partition coefficient (Wildman–Crippen LogP) is 2.50. The van der Waals surface area contributed by atoms with Gasteiger partial charge in [0.1, 0.15) is 18.1 Å². The van der Waals surface area contributed by atoms with E-state index in [4.69, 9.17) is 22.2 Å². The van der Waals surface area contributed by atoms with E-state index in [9.17, 15) is 18.8 Å². The quantitative estimate of drug-likeness (QED) is 0.178. The summed E-state index contributed by atoms with van der Waals surface area (Å²) in [6.45, 7) is 2.57. The Bertz CT molecular complexity index is 1170. The molecular weight excluding hydrogens is 499 g/mol. The molecule has 1 amide bonds. The third kappa shape index (κ3) is 8.18. The maximum atomic E-state index is 13.8. The first-order valence-electron chi connectivity index (χ1n) is 10.6. The van der Waals surface area contributed by atoms with Gasteiger partial charge in [-0.15, -0.1) is 11.8 Å². The van der Waals surface area contributed by atoms with Crippen LogP contribution in [0.1, 0.15) is 25.1 Å². The molecular formula is C22H26ClFN6O4S. The lowest BCUT2D eigenvalue weighted by Crippen LogP contribution is -2.38. The summed E-state index contributed by atoms with van der Waals surface area (Å²) in [6, 6.07) is 4.37. The molecule has 0 aliphatic carbocycles. The minimum absolute atomic E-state index is 0.0183. The molecule has 0 unspecified atom stereocenters. The van der Waals surface area contributed by atoms with Gasteiger partial charge >= 0.3 is 0 Å². The molecule has 188 valence electrons. The molecule has 0 aliphatic heterocycles. The highest BCUT2D eigenvalue weighted by molar-refractivity contribution is 7.99. The number of nitrogens with one attached hydrogen (secondary N) is 3. The van der Waals surface area contributed by atoms with Crippen molar-refractivity contribution in [2.45, 2.75) is 32.6 Å². The van der Waals surface area contributed by atoms with E-state index in [2.05, 4.69) is 20.8 Å². The highest BCUT2D eigenvalue weighted by Gasteiger charge is 2.15. The van der Waals surface area contributed by atoms with E-state index in [-0.39, 0.29) is 59.2 Å². The molecule has 0 atom stereocenters. The molecule has 0 fully saturated rings. The molecule has 1 aromatic carbocycles. The Balaban J connectivity index is 1.93. The zero-order chi connectivity index (χ0) is 26.0. The molecule has 1 aromatic heterocycles. The lowest BCUT2D eigenvalue weighted by molar-refractivity contribution is -0.124. The number of thioether (sulfide) groups is 1. The third-order valence-corrected chi connectivity index (χ3v) is 6.20. The van der Waals surface area contributed by atoms with Crippen molar-refractivity contribution in [1.29, 1.82) is 5.41 Å². The van der Waals surface area contributed by atoms with Crippen LogP contribution in [0.5, 0.6) is 0 Å². The van der Waals surface area contributed by atoms with Crippen LogP contribution >= 0.6 is 23.4 Å². The number of ketones is 1. The number of carbonyl (C=O) groups is 2. The molecule has 2 rings (SSSR count). The molecule has 0 saturated heterocycles. The number of amides is 1. The SMILES string of the molecule is CCc1cnc(NC/C(=N/O)C(C)=N)c(=O)n1CC(=O)NCC(=O)CSCc1c(F)cccc1Cl. The van der Waals surface area contributed by atoms with Crippen LogP contribution in [0.15, 0.2) is 34.3 Å². The van der Waals surface area contributed by atoms with E-state index in [1.807, 2.05) is 0 Å². The van der Waals surface area contributed by atoms with Crippen LogP contribution in [0.4, 0.5) is 10.2 Å². The van der Waals surface area contributed by atoms with Gasteiger partial charge in [-0.2, -0.15) is 0 Å². The van der Waals surface area contributed by atoms with Crippen molar-refractivity contribution in [3.8, 4) is 0 Å². The Kier molecular flexibility index (Phi) is 10.9. The normalized spacial score (nSPS) is 11.3. The lowest BCUT2D eigenvalue weighted by Gasteiger charge is -2.14.